The highest BCUT2D eigenvalue weighted by molar-refractivity contribution is 5.84. The third-order valence-corrected chi connectivity index (χ3v) is 2.76. The first-order valence-electron chi connectivity index (χ1n) is 5.66. The number of primary amides is 1. The molecule has 3 N–H and O–H groups in total. The number of rotatable bonds is 4. The monoisotopic (exact) mass is 244 g/mol. The standard InChI is InChI=1S/C13H16N4O/c1-9-4-3-5-10(6-9)16-12(13(14)18)11-7-15-8-17(11)2/h3-8,12,16H,1-2H3,(H2,14,18). The van der Waals surface area contributed by atoms with E-state index in [1.165, 1.54) is 0 Å². The Balaban J connectivity index is 2.28. The summed E-state index contributed by atoms with van der Waals surface area (Å²) in [5.41, 5.74) is 8.16. The number of nitrogens with two attached hydrogens (primary N) is 1. The van der Waals surface area contributed by atoms with E-state index in [1.807, 2.05) is 38.2 Å². The molecular weight excluding hydrogens is 228 g/mol. The lowest BCUT2D eigenvalue weighted by molar-refractivity contribution is -0.118. The predicted molar refractivity (Wildman–Crippen MR) is 69.9 cm³/mol. The summed E-state index contributed by atoms with van der Waals surface area (Å²) in [6.07, 6.45) is 3.28. The molecule has 1 unspecified atom stereocenters. The zero-order valence-corrected chi connectivity index (χ0v) is 10.4. The molecule has 18 heavy (non-hydrogen) atoms. The van der Waals surface area contributed by atoms with Crippen LogP contribution in [0.5, 0.6) is 0 Å². The molecule has 0 aliphatic carbocycles. The van der Waals surface area contributed by atoms with Crippen LogP contribution in [0, 0.1) is 6.92 Å². The van der Waals surface area contributed by atoms with Crippen molar-refractivity contribution in [1.29, 1.82) is 0 Å². The summed E-state index contributed by atoms with van der Waals surface area (Å²) in [4.78, 5) is 15.6. The topological polar surface area (TPSA) is 72.9 Å². The van der Waals surface area contributed by atoms with Crippen molar-refractivity contribution in [3.05, 3.63) is 48.0 Å². The van der Waals surface area contributed by atoms with Crippen LogP contribution < -0.4 is 11.1 Å². The Bertz CT molecular complexity index is 562. The van der Waals surface area contributed by atoms with Gasteiger partial charge in [0, 0.05) is 12.7 Å². The first kappa shape index (κ1) is 12.2. The van der Waals surface area contributed by atoms with Gasteiger partial charge in [0.25, 0.3) is 0 Å². The van der Waals surface area contributed by atoms with Crippen molar-refractivity contribution in [3.8, 4) is 0 Å². The van der Waals surface area contributed by atoms with Crippen molar-refractivity contribution < 1.29 is 4.79 Å². The average molecular weight is 244 g/mol. The summed E-state index contributed by atoms with van der Waals surface area (Å²) < 4.78 is 1.78. The van der Waals surface area contributed by atoms with Gasteiger partial charge in [-0.3, -0.25) is 4.79 Å². The second-order valence-electron chi connectivity index (χ2n) is 4.28. The molecule has 1 aromatic heterocycles. The van der Waals surface area contributed by atoms with E-state index in [1.54, 1.807) is 17.1 Å². The number of anilines is 1. The van der Waals surface area contributed by atoms with Crippen LogP contribution in [0.4, 0.5) is 5.69 Å². The molecule has 1 amide bonds. The largest absolute Gasteiger partial charge is 0.369 e. The van der Waals surface area contributed by atoms with E-state index >= 15 is 0 Å². The van der Waals surface area contributed by atoms with E-state index in [-0.39, 0.29) is 0 Å². The Morgan fingerprint density at radius 1 is 1.50 bits per heavy atom. The zero-order chi connectivity index (χ0) is 13.1. The zero-order valence-electron chi connectivity index (χ0n) is 10.4. The molecule has 1 heterocycles. The third kappa shape index (κ3) is 2.51. The second kappa shape index (κ2) is 4.91. The highest BCUT2D eigenvalue weighted by atomic mass is 16.1. The van der Waals surface area contributed by atoms with Gasteiger partial charge in [-0.2, -0.15) is 0 Å². The maximum atomic E-state index is 11.6. The van der Waals surface area contributed by atoms with Crippen LogP contribution in [0.15, 0.2) is 36.8 Å². The maximum Gasteiger partial charge on any atom is 0.246 e. The van der Waals surface area contributed by atoms with E-state index in [9.17, 15) is 4.79 Å². The van der Waals surface area contributed by atoms with Crippen LogP contribution in [-0.4, -0.2) is 15.5 Å². The van der Waals surface area contributed by atoms with Crippen LogP contribution >= 0.6 is 0 Å². The van der Waals surface area contributed by atoms with Gasteiger partial charge in [0.05, 0.1) is 18.2 Å². The summed E-state index contributed by atoms with van der Waals surface area (Å²) in [6.45, 7) is 1.99. The minimum absolute atomic E-state index is 0.430. The molecule has 2 rings (SSSR count). The van der Waals surface area contributed by atoms with Crippen LogP contribution in [-0.2, 0) is 11.8 Å². The van der Waals surface area contributed by atoms with Crippen molar-refractivity contribution in [2.45, 2.75) is 13.0 Å². The Morgan fingerprint density at radius 2 is 2.28 bits per heavy atom. The Hall–Kier alpha value is -2.30. The fourth-order valence-corrected chi connectivity index (χ4v) is 1.84. The third-order valence-electron chi connectivity index (χ3n) is 2.76. The summed E-state index contributed by atoms with van der Waals surface area (Å²) in [7, 11) is 1.83. The number of aromatic nitrogens is 2. The summed E-state index contributed by atoms with van der Waals surface area (Å²) in [6, 6.07) is 7.21. The van der Waals surface area contributed by atoms with Crippen molar-refractivity contribution in [2.24, 2.45) is 12.8 Å². The van der Waals surface area contributed by atoms with Crippen molar-refractivity contribution in [1.82, 2.24) is 9.55 Å². The molecule has 94 valence electrons. The summed E-state index contributed by atoms with van der Waals surface area (Å²) in [5, 5.41) is 3.13. The van der Waals surface area contributed by atoms with Crippen molar-refractivity contribution >= 4 is 11.6 Å². The number of benzene rings is 1. The minimum atomic E-state index is -0.584. The molecule has 0 fully saturated rings. The molecule has 0 radical (unpaired) electrons. The van der Waals surface area contributed by atoms with E-state index in [4.69, 9.17) is 5.73 Å². The van der Waals surface area contributed by atoms with Gasteiger partial charge < -0.3 is 15.6 Å². The normalized spacial score (nSPS) is 12.1. The fraction of sp³-hybridized carbons (Fsp3) is 0.231. The average Bonchev–Trinajstić information content (AvgIpc) is 2.72. The van der Waals surface area contributed by atoms with Gasteiger partial charge in [0.15, 0.2) is 0 Å². The number of carbonyl (C=O) groups excluding carboxylic acids is 1. The van der Waals surface area contributed by atoms with Crippen molar-refractivity contribution in [2.75, 3.05) is 5.32 Å². The first-order valence-corrected chi connectivity index (χ1v) is 5.66. The minimum Gasteiger partial charge on any atom is -0.369 e. The lowest BCUT2D eigenvalue weighted by Gasteiger charge is -2.17. The number of hydrogen-bond acceptors (Lipinski definition) is 3. The quantitative estimate of drug-likeness (QED) is 0.853. The van der Waals surface area contributed by atoms with Gasteiger partial charge in [0.2, 0.25) is 5.91 Å². The van der Waals surface area contributed by atoms with Crippen molar-refractivity contribution in [3.63, 3.8) is 0 Å². The van der Waals surface area contributed by atoms with Crippen LogP contribution in [0.1, 0.15) is 17.3 Å². The van der Waals surface area contributed by atoms with Gasteiger partial charge in [-0.25, -0.2) is 4.98 Å². The lowest BCUT2D eigenvalue weighted by atomic mass is 10.1. The highest BCUT2D eigenvalue weighted by Crippen LogP contribution is 2.19. The van der Waals surface area contributed by atoms with E-state index in [0.717, 1.165) is 16.9 Å². The predicted octanol–water partition coefficient (Wildman–Crippen LogP) is 1.37. The number of hydrogen-bond donors (Lipinski definition) is 2. The number of nitrogens with one attached hydrogen (secondary N) is 1. The Labute approximate surface area is 106 Å². The molecule has 5 heteroatoms. The lowest BCUT2D eigenvalue weighted by Crippen LogP contribution is -2.29. The molecule has 2 aromatic rings. The van der Waals surface area contributed by atoms with Gasteiger partial charge in [0.1, 0.15) is 6.04 Å². The summed E-state index contributed by atoms with van der Waals surface area (Å²) in [5.74, 6) is -0.430. The first-order chi connectivity index (χ1) is 8.58. The number of carbonyl (C=O) groups is 1. The summed E-state index contributed by atoms with van der Waals surface area (Å²) >= 11 is 0. The van der Waals surface area contributed by atoms with Gasteiger partial charge in [-0.05, 0) is 24.6 Å². The van der Waals surface area contributed by atoms with Crippen LogP contribution in [0.25, 0.3) is 0 Å². The van der Waals surface area contributed by atoms with E-state index in [2.05, 4.69) is 10.3 Å². The molecule has 0 saturated carbocycles. The Morgan fingerprint density at radius 3 is 2.83 bits per heavy atom. The van der Waals surface area contributed by atoms with Crippen LogP contribution in [0.3, 0.4) is 0 Å². The molecule has 1 aromatic carbocycles. The van der Waals surface area contributed by atoms with E-state index < -0.39 is 11.9 Å². The van der Waals surface area contributed by atoms with Gasteiger partial charge in [-0.15, -0.1) is 0 Å². The number of nitrogens with zero attached hydrogens (tertiary/aromatic N) is 2. The van der Waals surface area contributed by atoms with Gasteiger partial charge in [-0.1, -0.05) is 12.1 Å². The number of amides is 1. The van der Waals surface area contributed by atoms with Gasteiger partial charge >= 0.3 is 0 Å². The SMILES string of the molecule is Cc1cccc(NC(C(N)=O)c2cncn2C)c1. The maximum absolute atomic E-state index is 11.6. The smallest absolute Gasteiger partial charge is 0.246 e. The fourth-order valence-electron chi connectivity index (χ4n) is 1.84. The molecule has 0 aliphatic rings. The molecule has 5 nitrogen and oxygen atoms in total. The number of aryl methyl sites for hydroxylation is 2. The molecule has 0 aliphatic heterocycles. The molecule has 1 atom stereocenters. The molecule has 0 bridgehead atoms. The highest BCUT2D eigenvalue weighted by Gasteiger charge is 2.20. The van der Waals surface area contributed by atoms with Crippen LogP contribution in [0.2, 0.25) is 0 Å². The second-order valence-corrected chi connectivity index (χ2v) is 4.28. The number of imidazole rings is 1. The molecule has 0 spiro atoms. The Kier molecular flexibility index (Phi) is 3.32. The molecular formula is C13H16N4O. The molecule has 0 saturated heterocycles. The van der Waals surface area contributed by atoms with E-state index in [0.29, 0.717) is 0 Å².